The Kier molecular flexibility index (Phi) is 7.22. The molecule has 0 aliphatic heterocycles. The second kappa shape index (κ2) is 8.80. The average molecular weight is 390 g/mol. The van der Waals surface area contributed by atoms with Crippen LogP contribution < -0.4 is 9.41 Å². The number of allylic oxidation sites excluding steroid dienone is 5. The molecule has 4 rings (SSSR count). The van der Waals surface area contributed by atoms with Crippen LogP contribution in [0, 0.1) is 11.8 Å². The van der Waals surface area contributed by atoms with Crippen molar-refractivity contribution in [1.82, 2.24) is 0 Å². The first-order chi connectivity index (χ1) is 11.6. The van der Waals surface area contributed by atoms with E-state index in [4.69, 9.17) is 0 Å². The van der Waals surface area contributed by atoms with Crippen LogP contribution in [0.4, 0.5) is 0 Å². The van der Waals surface area contributed by atoms with Gasteiger partial charge in [-0.2, -0.15) is 0 Å². The minimum atomic E-state index is -0.162. The van der Waals surface area contributed by atoms with Crippen molar-refractivity contribution in [2.75, 3.05) is 0 Å². The summed E-state index contributed by atoms with van der Waals surface area (Å²) < 4.78 is 3.58. The number of benzene rings is 1. The number of hydrogen-bond acceptors (Lipinski definition) is 0. The molecule has 0 bridgehead atoms. The topological polar surface area (TPSA) is 0 Å². The van der Waals surface area contributed by atoms with Gasteiger partial charge in [-0.05, 0) is 0 Å². The normalized spacial score (nSPS) is 23.4. The number of halogens is 2. The molecule has 0 heterocycles. The summed E-state index contributed by atoms with van der Waals surface area (Å²) in [7, 11) is 0. The Bertz CT molecular complexity index is 742. The number of fused-ring (bicyclic) bond motifs is 1. The molecule has 3 heteroatoms. The molecule has 2 atom stereocenters. The van der Waals surface area contributed by atoms with Crippen molar-refractivity contribution < 1.29 is 28.6 Å². The van der Waals surface area contributed by atoms with Crippen LogP contribution in [0.25, 0.3) is 6.08 Å². The molecule has 0 aromatic heterocycles. The van der Waals surface area contributed by atoms with E-state index in [1.165, 1.54) is 37.7 Å². The summed E-state index contributed by atoms with van der Waals surface area (Å²) in [6.45, 7) is 7.21. The first-order valence-corrected chi connectivity index (χ1v) is 11.2. The molecule has 0 N–H and O–H groups in total. The summed E-state index contributed by atoms with van der Waals surface area (Å²) in [5.41, 5.74) is 6.58. The Hall–Kier alpha value is -0.986. The van der Waals surface area contributed by atoms with Crippen molar-refractivity contribution in [3.63, 3.8) is 0 Å². The van der Waals surface area contributed by atoms with E-state index >= 15 is 0 Å². The fourth-order valence-electron chi connectivity index (χ4n) is 4.66. The first-order valence-electron chi connectivity index (χ1n) is 9.64. The standard InChI is InChI=1S/C13H19.C10H9.2FH.Ti/c1-10(2)9-12-8-7-11-5-3-4-6-13(11)12;1-8-6-7-9-4-2-3-5-10(8)9;;;/h7,10,12H,3-6,9H2,1-2H3;2-5,7-8H,1H3;2*1H;/q;;;;+2/p-2. The molecule has 3 aliphatic rings. The molecule has 2 unspecified atom stereocenters. The fraction of sp³-hybridized carbons (Fsp3) is 0.478. The van der Waals surface area contributed by atoms with Gasteiger partial charge in [-0.3, -0.25) is 0 Å². The zero-order chi connectivity index (χ0) is 16.7. The molecule has 0 radical (unpaired) electrons. The third-order valence-electron chi connectivity index (χ3n) is 5.92. The Morgan fingerprint density at radius 2 is 1.73 bits per heavy atom. The molecule has 0 nitrogen and oxygen atoms in total. The average Bonchev–Trinajstić information content (AvgIpc) is 3.07. The molecular weight excluding hydrogens is 362 g/mol. The Morgan fingerprint density at radius 1 is 1.00 bits per heavy atom. The fourth-order valence-corrected chi connectivity index (χ4v) is 7.23. The van der Waals surface area contributed by atoms with E-state index in [0.717, 1.165) is 11.8 Å². The van der Waals surface area contributed by atoms with Crippen LogP contribution in [0.1, 0.15) is 69.9 Å². The molecule has 1 aromatic rings. The third kappa shape index (κ3) is 3.97. The molecule has 3 aliphatic carbocycles. The molecule has 138 valence electrons. The largest absolute Gasteiger partial charge is 1.00 e. The smallest absolute Gasteiger partial charge is 1.00 e. The van der Waals surface area contributed by atoms with Gasteiger partial charge in [-0.1, -0.05) is 0 Å². The zero-order valence-corrected chi connectivity index (χ0v) is 17.5. The Labute approximate surface area is 165 Å². The van der Waals surface area contributed by atoms with E-state index in [9.17, 15) is 0 Å². The molecule has 26 heavy (non-hydrogen) atoms. The van der Waals surface area contributed by atoms with Gasteiger partial charge in [0.1, 0.15) is 0 Å². The van der Waals surface area contributed by atoms with Crippen molar-refractivity contribution in [3.8, 4) is 0 Å². The summed E-state index contributed by atoms with van der Waals surface area (Å²) in [6.07, 6.45) is 12.1. The third-order valence-corrected chi connectivity index (χ3v) is 8.49. The van der Waals surface area contributed by atoms with Crippen molar-refractivity contribution >= 4 is 6.08 Å². The van der Waals surface area contributed by atoms with Gasteiger partial charge in [0.15, 0.2) is 0 Å². The van der Waals surface area contributed by atoms with Gasteiger partial charge in [0.25, 0.3) is 0 Å². The van der Waals surface area contributed by atoms with Gasteiger partial charge in [-0.15, -0.1) is 0 Å². The second-order valence-corrected chi connectivity index (χ2v) is 10.3. The SMILES string of the molecule is CC(C)CC1[C]([Ti+2][C]2=Cc3ccccc3C2C)=CC2=C1CCCC2.[F-].[F-]. The van der Waals surface area contributed by atoms with Crippen LogP contribution in [0.3, 0.4) is 0 Å². The van der Waals surface area contributed by atoms with Crippen LogP contribution in [0.15, 0.2) is 49.2 Å². The summed E-state index contributed by atoms with van der Waals surface area (Å²) in [5, 5.41) is 0. The Balaban J connectivity index is 0.00000121. The van der Waals surface area contributed by atoms with Crippen LogP contribution in [0.5, 0.6) is 0 Å². The molecule has 0 amide bonds. The minimum absolute atomic E-state index is 0. The maximum absolute atomic E-state index is 2.65. The van der Waals surface area contributed by atoms with Crippen molar-refractivity contribution in [2.45, 2.75) is 58.8 Å². The quantitative estimate of drug-likeness (QED) is 0.663. The van der Waals surface area contributed by atoms with E-state index < -0.39 is 0 Å². The number of rotatable bonds is 4. The van der Waals surface area contributed by atoms with Gasteiger partial charge >= 0.3 is 156 Å². The Morgan fingerprint density at radius 3 is 2.46 bits per heavy atom. The van der Waals surface area contributed by atoms with Crippen LogP contribution >= 0.6 is 0 Å². The summed E-state index contributed by atoms with van der Waals surface area (Å²) in [5.74, 6) is 2.22. The van der Waals surface area contributed by atoms with E-state index in [0.29, 0.717) is 5.92 Å². The van der Waals surface area contributed by atoms with Crippen molar-refractivity contribution in [1.29, 1.82) is 0 Å². The predicted molar refractivity (Wildman–Crippen MR) is 99.4 cm³/mol. The van der Waals surface area contributed by atoms with Crippen LogP contribution in [0.2, 0.25) is 0 Å². The van der Waals surface area contributed by atoms with Gasteiger partial charge in [0.05, 0.1) is 0 Å². The summed E-state index contributed by atoms with van der Waals surface area (Å²) in [4.78, 5) is 0. The monoisotopic (exact) mass is 390 g/mol. The molecule has 1 aromatic carbocycles. The first kappa shape index (κ1) is 21.3. The maximum Gasteiger partial charge on any atom is -1.00 e. The minimum Gasteiger partial charge on any atom is -1.00 e. The van der Waals surface area contributed by atoms with Gasteiger partial charge < -0.3 is 9.41 Å². The van der Waals surface area contributed by atoms with Crippen LogP contribution in [-0.4, -0.2) is 0 Å². The second-order valence-electron chi connectivity index (χ2n) is 8.11. The van der Waals surface area contributed by atoms with Crippen molar-refractivity contribution in [2.24, 2.45) is 11.8 Å². The molecule has 0 saturated heterocycles. The summed E-state index contributed by atoms with van der Waals surface area (Å²) in [6, 6.07) is 9.00. The number of hydrogen-bond donors (Lipinski definition) is 0. The molecule has 0 spiro atoms. The van der Waals surface area contributed by atoms with Gasteiger partial charge in [0.2, 0.25) is 0 Å². The molecular formula is C23H28F2Ti. The molecule has 0 fully saturated rings. The van der Waals surface area contributed by atoms with E-state index in [-0.39, 0.29) is 28.6 Å². The van der Waals surface area contributed by atoms with Gasteiger partial charge in [0, 0.05) is 0 Å². The zero-order valence-electron chi connectivity index (χ0n) is 16.0. The van der Waals surface area contributed by atoms with Crippen LogP contribution in [-0.2, 0) is 19.2 Å². The van der Waals surface area contributed by atoms with E-state index in [1.54, 1.807) is 15.0 Å². The summed E-state index contributed by atoms with van der Waals surface area (Å²) >= 11 is -0.162. The predicted octanol–water partition coefficient (Wildman–Crippen LogP) is 0.666. The van der Waals surface area contributed by atoms with Crippen molar-refractivity contribution in [3.05, 3.63) is 60.4 Å². The van der Waals surface area contributed by atoms with E-state index in [2.05, 4.69) is 57.2 Å². The molecule has 0 saturated carbocycles. The maximum atomic E-state index is 2.65. The van der Waals surface area contributed by atoms with Gasteiger partial charge in [-0.25, -0.2) is 0 Å². The van der Waals surface area contributed by atoms with E-state index in [1.807, 2.05) is 9.45 Å².